The molecule has 6 nitrogen and oxygen atoms in total. The normalized spacial score (nSPS) is 23.6. The van der Waals surface area contributed by atoms with Crippen LogP contribution in [0.25, 0.3) is 4.85 Å². The van der Waals surface area contributed by atoms with Gasteiger partial charge in [0.05, 0.1) is 23.6 Å². The number of rotatable bonds is 6. The van der Waals surface area contributed by atoms with E-state index >= 15 is 0 Å². The van der Waals surface area contributed by atoms with E-state index in [1.807, 2.05) is 39.0 Å². The number of nitro groups is 1. The number of hydrogen-bond acceptors (Lipinski definition) is 5. The van der Waals surface area contributed by atoms with E-state index in [1.165, 1.54) is 11.3 Å². The van der Waals surface area contributed by atoms with Crippen molar-refractivity contribution >= 4 is 17.0 Å². The molecular weight excluding hydrogens is 477 g/mol. The average Bonchev–Trinajstić information content (AvgIpc) is 3.28. The molecule has 1 aromatic carbocycles. The predicted molar refractivity (Wildman–Crippen MR) is 112 cm³/mol. The van der Waals surface area contributed by atoms with Gasteiger partial charge in [-0.05, 0) is 11.0 Å². The average molecular weight is 502 g/mol. The van der Waals surface area contributed by atoms with Gasteiger partial charge in [0.25, 0.3) is 5.69 Å². The maximum atomic E-state index is 11.8. The number of thiophene rings is 1. The first-order valence-electron chi connectivity index (χ1n) is 9.58. The molecule has 0 spiro atoms. The number of aliphatic hydroxyl groups excluding tert-OH is 1. The zero-order valence-corrected chi connectivity index (χ0v) is 21.0. The molecule has 1 aromatic heterocycles. The maximum absolute atomic E-state index is 11.8. The number of benzene rings is 1. The van der Waals surface area contributed by atoms with Crippen molar-refractivity contribution in [2.45, 2.75) is 57.3 Å². The molecule has 8 heteroatoms. The quantitative estimate of drug-likeness (QED) is 0.352. The molecule has 3 rings (SSSR count). The molecule has 0 bridgehead atoms. The summed E-state index contributed by atoms with van der Waals surface area (Å²) in [7, 11) is 0. The van der Waals surface area contributed by atoms with Gasteiger partial charge in [-0.1, -0.05) is 32.9 Å². The zero-order chi connectivity index (χ0) is 21.2. The van der Waals surface area contributed by atoms with Crippen molar-refractivity contribution in [3.05, 3.63) is 73.2 Å². The van der Waals surface area contributed by atoms with Gasteiger partial charge in [0.2, 0.25) is 6.04 Å². The number of nitrogens with zero attached hydrogens (tertiary/aromatic N) is 2. The molecular formula is C22H25N2O4SY-. The van der Waals surface area contributed by atoms with Gasteiger partial charge in [-0.25, -0.2) is 6.57 Å². The molecule has 1 heterocycles. The fourth-order valence-electron chi connectivity index (χ4n) is 3.99. The summed E-state index contributed by atoms with van der Waals surface area (Å²) >= 11 is 1.47. The first-order chi connectivity index (χ1) is 13.7. The van der Waals surface area contributed by atoms with E-state index in [4.69, 9.17) is 11.3 Å². The molecule has 1 N–H and O–H groups in total. The summed E-state index contributed by atoms with van der Waals surface area (Å²) < 4.78 is 5.84. The van der Waals surface area contributed by atoms with Gasteiger partial charge in [-0.3, -0.25) is 21.5 Å². The Morgan fingerprint density at radius 1 is 1.40 bits per heavy atom. The van der Waals surface area contributed by atoms with Crippen molar-refractivity contribution in [3.8, 4) is 0 Å². The van der Waals surface area contributed by atoms with Crippen molar-refractivity contribution in [1.82, 2.24) is 0 Å². The van der Waals surface area contributed by atoms with Crippen molar-refractivity contribution < 1.29 is 47.5 Å². The van der Waals surface area contributed by atoms with E-state index in [0.29, 0.717) is 18.6 Å². The largest absolute Gasteiger partial charge is 0.392 e. The Morgan fingerprint density at radius 3 is 2.70 bits per heavy atom. The number of hydrogen-bond donors (Lipinski definition) is 1. The Bertz CT molecular complexity index is 905. The van der Waals surface area contributed by atoms with E-state index in [2.05, 4.69) is 10.2 Å². The third-order valence-corrected chi connectivity index (χ3v) is 6.32. The fourth-order valence-corrected chi connectivity index (χ4v) is 4.55. The van der Waals surface area contributed by atoms with Crippen LogP contribution in [0, 0.1) is 28.0 Å². The molecule has 1 aliphatic rings. The third-order valence-electron chi connectivity index (χ3n) is 5.55. The standard InChI is InChI=1S/C22H25N2O4S.Y/c1-22(2,3)14-7-8-16(19(10-14)24(26)27)21-17(18(23-4)11-20(21)25)13-28-12-15-6-5-9-29-15;/h5-8,10,17-18,20-21,25H,11-13H2,1-3H3;/q-1;/t17?,18-,20-,21?;/m1./s1. The summed E-state index contributed by atoms with van der Waals surface area (Å²) in [4.78, 5) is 16.1. The Labute approximate surface area is 206 Å². The van der Waals surface area contributed by atoms with Crippen LogP contribution in [0.5, 0.6) is 0 Å². The Hall–Kier alpha value is -1.17. The minimum absolute atomic E-state index is 0. The van der Waals surface area contributed by atoms with Crippen LogP contribution in [-0.4, -0.2) is 28.8 Å². The van der Waals surface area contributed by atoms with E-state index in [1.54, 1.807) is 12.1 Å². The molecule has 30 heavy (non-hydrogen) atoms. The summed E-state index contributed by atoms with van der Waals surface area (Å²) in [6.45, 7) is 14.2. The predicted octanol–water partition coefficient (Wildman–Crippen LogP) is 4.72. The van der Waals surface area contributed by atoms with Crippen molar-refractivity contribution in [2.75, 3.05) is 6.61 Å². The molecule has 4 atom stereocenters. The van der Waals surface area contributed by atoms with Crippen LogP contribution in [0.3, 0.4) is 0 Å². The monoisotopic (exact) mass is 502 g/mol. The minimum atomic E-state index is -0.808. The van der Waals surface area contributed by atoms with E-state index in [-0.39, 0.29) is 61.3 Å². The van der Waals surface area contributed by atoms with Crippen LogP contribution in [0.4, 0.5) is 5.69 Å². The second kappa shape index (κ2) is 10.4. The topological polar surface area (TPSA) is 77.0 Å². The summed E-state index contributed by atoms with van der Waals surface area (Å²) in [6, 6.07) is 8.57. The van der Waals surface area contributed by atoms with Gasteiger partial charge < -0.3 is 14.7 Å². The van der Waals surface area contributed by atoms with Gasteiger partial charge in [-0.15, -0.1) is 10.3 Å². The molecule has 0 saturated heterocycles. The Morgan fingerprint density at radius 2 is 2.13 bits per heavy atom. The Kier molecular flexibility index (Phi) is 8.73. The second-order valence-electron chi connectivity index (χ2n) is 8.50. The van der Waals surface area contributed by atoms with E-state index < -0.39 is 18.1 Å². The second-order valence-corrected chi connectivity index (χ2v) is 9.47. The van der Waals surface area contributed by atoms with Crippen molar-refractivity contribution in [3.63, 3.8) is 0 Å². The van der Waals surface area contributed by atoms with Gasteiger partial charge in [0.15, 0.2) is 0 Å². The van der Waals surface area contributed by atoms with Gasteiger partial charge >= 0.3 is 0 Å². The summed E-state index contributed by atoms with van der Waals surface area (Å²) in [5.41, 5.74) is 1.13. The van der Waals surface area contributed by atoms with Gasteiger partial charge in [0.1, 0.15) is 0 Å². The number of ether oxygens (including phenoxy) is 1. The smallest absolute Gasteiger partial charge is 0.273 e. The van der Waals surface area contributed by atoms with Crippen molar-refractivity contribution in [1.29, 1.82) is 0 Å². The van der Waals surface area contributed by atoms with Gasteiger partial charge in [0, 0.05) is 63.3 Å². The van der Waals surface area contributed by atoms with Crippen LogP contribution in [0.2, 0.25) is 0 Å². The SMILES string of the molecule is [C-]#[N+][C@@H]1C[C@@H](O)C(c2ccc(C(C)(C)C)cc2[N+](=O)[O-])C1COCc1cc[c-]s1.[Y]. The zero-order valence-electron chi connectivity index (χ0n) is 17.4. The van der Waals surface area contributed by atoms with Crippen LogP contribution in [0.15, 0.2) is 30.3 Å². The molecule has 1 fully saturated rings. The summed E-state index contributed by atoms with van der Waals surface area (Å²) in [5.74, 6) is -0.802. The summed E-state index contributed by atoms with van der Waals surface area (Å²) in [6.07, 6.45) is -0.510. The molecule has 2 aromatic rings. The molecule has 1 saturated carbocycles. The molecule has 1 aliphatic carbocycles. The summed E-state index contributed by atoms with van der Waals surface area (Å²) in [5, 5.41) is 25.5. The number of aliphatic hydroxyl groups is 1. The molecule has 0 amide bonds. The van der Waals surface area contributed by atoms with Crippen LogP contribution in [-0.2, 0) is 49.5 Å². The third kappa shape index (κ3) is 5.54. The van der Waals surface area contributed by atoms with E-state index in [9.17, 15) is 15.2 Å². The fraction of sp³-hybridized carbons (Fsp3) is 0.500. The van der Waals surface area contributed by atoms with Crippen LogP contribution >= 0.6 is 11.3 Å². The molecule has 157 valence electrons. The molecule has 2 unspecified atom stereocenters. The van der Waals surface area contributed by atoms with Crippen LogP contribution in [0.1, 0.15) is 49.1 Å². The molecule has 0 aliphatic heterocycles. The van der Waals surface area contributed by atoms with Gasteiger partial charge in [-0.2, -0.15) is 12.1 Å². The number of nitro benzene ring substituents is 1. The van der Waals surface area contributed by atoms with E-state index in [0.717, 1.165) is 10.4 Å². The van der Waals surface area contributed by atoms with Crippen molar-refractivity contribution in [2.24, 2.45) is 5.92 Å². The first-order valence-corrected chi connectivity index (χ1v) is 10.4. The molecule has 1 radical (unpaired) electrons. The minimum Gasteiger partial charge on any atom is -0.392 e. The maximum Gasteiger partial charge on any atom is 0.273 e. The Balaban J connectivity index is 0.00000320. The first kappa shape index (κ1) is 25.1. The van der Waals surface area contributed by atoms with Crippen LogP contribution < -0.4 is 0 Å².